The zero-order valence-electron chi connectivity index (χ0n) is 3.59. The molecule has 0 aliphatic rings. The summed E-state index contributed by atoms with van der Waals surface area (Å²) in [4.78, 5) is 0. The van der Waals surface area contributed by atoms with Gasteiger partial charge in [-0.05, 0) is 6.08 Å². The molecule has 0 aliphatic heterocycles. The van der Waals surface area contributed by atoms with Gasteiger partial charge in [-0.3, -0.25) is 11.2 Å². The SMILES string of the molecule is C=CC(N)[NH2+]N. The normalized spacial score (nSPS) is 13.7. The monoisotopic (exact) mass is 88.1 g/mol. The molecule has 0 saturated heterocycles. The number of rotatable bonds is 2. The lowest BCUT2D eigenvalue weighted by Crippen LogP contribution is -2.98. The minimum absolute atomic E-state index is 0.148. The van der Waals surface area contributed by atoms with Crippen LogP contribution in [0.3, 0.4) is 0 Å². The molecule has 1 atom stereocenters. The molecule has 0 aromatic rings. The van der Waals surface area contributed by atoms with Crippen LogP contribution in [0.4, 0.5) is 0 Å². The van der Waals surface area contributed by atoms with Crippen LogP contribution in [0.2, 0.25) is 0 Å². The van der Waals surface area contributed by atoms with Gasteiger partial charge >= 0.3 is 0 Å². The number of quaternary nitrogens is 1. The Morgan fingerprint density at radius 1 is 1.83 bits per heavy atom. The Kier molecular flexibility index (Phi) is 2.66. The lowest BCUT2D eigenvalue weighted by Gasteiger charge is -1.93. The van der Waals surface area contributed by atoms with E-state index in [1.165, 1.54) is 5.43 Å². The molecule has 1 unspecified atom stereocenters. The summed E-state index contributed by atoms with van der Waals surface area (Å²) in [5, 5.41) is 0. The first-order valence-electron chi connectivity index (χ1n) is 1.74. The van der Waals surface area contributed by atoms with Gasteiger partial charge in [0.1, 0.15) is 0 Å². The minimum atomic E-state index is -0.148. The standard InChI is InChI=1S/C3H9N3/c1-2-3(4)6-5/h2-3,6H,1,4-5H2/p+1. The van der Waals surface area contributed by atoms with Gasteiger partial charge < -0.3 is 0 Å². The van der Waals surface area contributed by atoms with E-state index in [0.29, 0.717) is 0 Å². The fourth-order valence-corrected chi connectivity index (χ4v) is 0.0786. The average molecular weight is 88.1 g/mol. The molecule has 3 nitrogen and oxygen atoms in total. The van der Waals surface area contributed by atoms with Crippen LogP contribution in [0, 0.1) is 0 Å². The van der Waals surface area contributed by atoms with Gasteiger partial charge in [0.25, 0.3) is 0 Å². The molecule has 36 valence electrons. The molecule has 0 heterocycles. The first-order valence-corrected chi connectivity index (χ1v) is 1.74. The maximum atomic E-state index is 5.17. The molecule has 0 amide bonds. The van der Waals surface area contributed by atoms with Crippen molar-refractivity contribution in [3.8, 4) is 0 Å². The lowest BCUT2D eigenvalue weighted by atomic mass is 10.5. The Labute approximate surface area is 37.0 Å². The van der Waals surface area contributed by atoms with Gasteiger partial charge in [0.15, 0.2) is 6.17 Å². The summed E-state index contributed by atoms with van der Waals surface area (Å²) in [5.74, 6) is 4.96. The molecule has 6 heavy (non-hydrogen) atoms. The van der Waals surface area contributed by atoms with Crippen molar-refractivity contribution in [2.24, 2.45) is 11.6 Å². The molecule has 6 N–H and O–H groups in total. The van der Waals surface area contributed by atoms with E-state index in [1.54, 1.807) is 6.08 Å². The third-order valence-electron chi connectivity index (χ3n) is 0.494. The van der Waals surface area contributed by atoms with Crippen LogP contribution in [0.25, 0.3) is 0 Å². The van der Waals surface area contributed by atoms with E-state index in [4.69, 9.17) is 11.6 Å². The van der Waals surface area contributed by atoms with Crippen molar-refractivity contribution < 1.29 is 5.43 Å². The number of hydrogen-bond acceptors (Lipinski definition) is 2. The molecule has 0 aliphatic carbocycles. The molecule has 0 fully saturated rings. The van der Waals surface area contributed by atoms with Gasteiger partial charge in [0.2, 0.25) is 0 Å². The van der Waals surface area contributed by atoms with E-state index in [2.05, 4.69) is 6.58 Å². The van der Waals surface area contributed by atoms with Crippen molar-refractivity contribution in [3.63, 3.8) is 0 Å². The zero-order chi connectivity index (χ0) is 4.99. The van der Waals surface area contributed by atoms with Crippen molar-refractivity contribution in [2.45, 2.75) is 6.17 Å². The predicted octanol–water partition coefficient (Wildman–Crippen LogP) is -2.11. The fourth-order valence-electron chi connectivity index (χ4n) is 0.0786. The highest BCUT2D eigenvalue weighted by Gasteiger charge is 1.87. The minimum Gasteiger partial charge on any atom is -0.277 e. The molecule has 0 spiro atoms. The smallest absolute Gasteiger partial charge is 0.173 e. The molecule has 0 saturated carbocycles. The third kappa shape index (κ3) is 1.90. The zero-order valence-corrected chi connectivity index (χ0v) is 3.59. The predicted molar refractivity (Wildman–Crippen MR) is 24.3 cm³/mol. The highest BCUT2D eigenvalue weighted by Crippen LogP contribution is 1.52. The van der Waals surface area contributed by atoms with Gasteiger partial charge in [-0.15, -0.1) is 0 Å². The maximum Gasteiger partial charge on any atom is 0.173 e. The summed E-state index contributed by atoms with van der Waals surface area (Å²) in [6.07, 6.45) is 1.42. The first kappa shape index (κ1) is 5.62. The Morgan fingerprint density at radius 3 is 2.33 bits per heavy atom. The topological polar surface area (TPSA) is 68.6 Å². The summed E-state index contributed by atoms with van der Waals surface area (Å²) in [6.45, 7) is 3.40. The summed E-state index contributed by atoms with van der Waals surface area (Å²) >= 11 is 0. The second kappa shape index (κ2) is 2.84. The largest absolute Gasteiger partial charge is 0.277 e. The van der Waals surface area contributed by atoms with E-state index in [9.17, 15) is 0 Å². The van der Waals surface area contributed by atoms with Gasteiger partial charge in [0, 0.05) is 0 Å². The molecule has 3 heteroatoms. The average Bonchev–Trinajstić information content (AvgIpc) is 1.65. The molecular formula is C3H10N3+. The van der Waals surface area contributed by atoms with Crippen molar-refractivity contribution in [1.82, 2.24) is 0 Å². The van der Waals surface area contributed by atoms with Crippen LogP contribution < -0.4 is 17.0 Å². The van der Waals surface area contributed by atoms with Crippen LogP contribution in [0.5, 0.6) is 0 Å². The molecule has 0 rings (SSSR count). The van der Waals surface area contributed by atoms with Crippen LogP contribution in [-0.4, -0.2) is 6.17 Å². The van der Waals surface area contributed by atoms with Crippen molar-refractivity contribution >= 4 is 0 Å². The Morgan fingerprint density at radius 2 is 2.33 bits per heavy atom. The van der Waals surface area contributed by atoms with Crippen LogP contribution in [0.1, 0.15) is 0 Å². The van der Waals surface area contributed by atoms with Crippen LogP contribution in [-0.2, 0) is 0 Å². The highest BCUT2D eigenvalue weighted by molar-refractivity contribution is 4.70. The number of nitrogens with two attached hydrogens (primary N) is 3. The van der Waals surface area contributed by atoms with Gasteiger partial charge in [0.05, 0.1) is 0 Å². The van der Waals surface area contributed by atoms with Crippen LogP contribution in [0.15, 0.2) is 12.7 Å². The second-order valence-corrected chi connectivity index (χ2v) is 1.01. The van der Waals surface area contributed by atoms with Gasteiger partial charge in [-0.1, -0.05) is 6.58 Å². The Hall–Kier alpha value is -0.380. The summed E-state index contributed by atoms with van der Waals surface area (Å²) in [5.41, 5.74) is 6.56. The quantitative estimate of drug-likeness (QED) is 0.156. The molecule has 0 radical (unpaired) electrons. The maximum absolute atomic E-state index is 5.17. The van der Waals surface area contributed by atoms with Gasteiger partial charge in [-0.25, -0.2) is 0 Å². The van der Waals surface area contributed by atoms with Crippen molar-refractivity contribution in [3.05, 3.63) is 12.7 Å². The van der Waals surface area contributed by atoms with E-state index in [-0.39, 0.29) is 6.17 Å². The Bertz CT molecular complexity index is 43.3. The molecule has 0 aromatic carbocycles. The van der Waals surface area contributed by atoms with Gasteiger partial charge in [-0.2, -0.15) is 5.84 Å². The van der Waals surface area contributed by atoms with E-state index in [1.807, 2.05) is 0 Å². The van der Waals surface area contributed by atoms with Crippen LogP contribution >= 0.6 is 0 Å². The number of hydrogen-bond donors (Lipinski definition) is 3. The highest BCUT2D eigenvalue weighted by atomic mass is 15.3. The Balaban J connectivity index is 2.96. The fraction of sp³-hybridized carbons (Fsp3) is 0.333. The first-order chi connectivity index (χ1) is 2.81. The lowest BCUT2D eigenvalue weighted by molar-refractivity contribution is -0.691. The molecule has 0 aromatic heterocycles. The summed E-state index contributed by atoms with van der Waals surface area (Å²) < 4.78 is 0. The molecular weight excluding hydrogens is 78.1 g/mol. The second-order valence-electron chi connectivity index (χ2n) is 1.01. The third-order valence-corrected chi connectivity index (χ3v) is 0.494. The van der Waals surface area contributed by atoms with Crippen molar-refractivity contribution in [2.75, 3.05) is 0 Å². The van der Waals surface area contributed by atoms with Crippen molar-refractivity contribution in [1.29, 1.82) is 0 Å². The summed E-state index contributed by atoms with van der Waals surface area (Å²) in [7, 11) is 0. The van der Waals surface area contributed by atoms with E-state index < -0.39 is 0 Å². The molecule has 0 bridgehead atoms. The van der Waals surface area contributed by atoms with E-state index in [0.717, 1.165) is 0 Å². The van der Waals surface area contributed by atoms with E-state index >= 15 is 0 Å². The summed E-state index contributed by atoms with van der Waals surface area (Å²) in [6, 6.07) is 0.